The van der Waals surface area contributed by atoms with Gasteiger partial charge < -0.3 is 10.1 Å². The fourth-order valence-electron chi connectivity index (χ4n) is 1.51. The molecule has 2 nitrogen and oxygen atoms in total. The predicted molar refractivity (Wildman–Crippen MR) is 64.5 cm³/mol. The first-order chi connectivity index (χ1) is 8.38. The number of aryl methyl sites for hydroxylation is 1. The number of hydrogen-bond donors (Lipinski definition) is 1. The summed E-state index contributed by atoms with van der Waals surface area (Å²) in [5.41, 5.74) is 2.29. The van der Waals surface area contributed by atoms with E-state index in [0.29, 0.717) is 6.54 Å². The fourth-order valence-corrected chi connectivity index (χ4v) is 1.51. The molecule has 0 saturated heterocycles. The summed E-state index contributed by atoms with van der Waals surface area (Å²) < 4.78 is 39.9. The highest BCUT2D eigenvalue weighted by molar-refractivity contribution is 5.23. The molecule has 0 aromatic heterocycles. The number of benzene rings is 1. The molecular weight excluding hydrogens is 243 g/mol. The first kappa shape index (κ1) is 15.0. The zero-order chi connectivity index (χ0) is 13.6. The molecule has 0 aliphatic heterocycles. The maximum atomic E-state index is 11.8. The Labute approximate surface area is 105 Å². The van der Waals surface area contributed by atoms with Crippen molar-refractivity contribution in [2.75, 3.05) is 19.8 Å². The van der Waals surface area contributed by atoms with E-state index in [0.717, 1.165) is 5.56 Å². The average Bonchev–Trinajstić information content (AvgIpc) is 2.27. The second-order valence-corrected chi connectivity index (χ2v) is 4.25. The summed E-state index contributed by atoms with van der Waals surface area (Å²) in [6.07, 6.45) is -4.25. The lowest BCUT2D eigenvalue weighted by molar-refractivity contribution is -0.173. The Bertz CT molecular complexity index is 348. The van der Waals surface area contributed by atoms with Gasteiger partial charge in [0, 0.05) is 12.6 Å². The quantitative estimate of drug-likeness (QED) is 0.794. The van der Waals surface area contributed by atoms with Gasteiger partial charge in [-0.15, -0.1) is 0 Å². The third kappa shape index (κ3) is 6.02. The van der Waals surface area contributed by atoms with Gasteiger partial charge in [-0.3, -0.25) is 0 Å². The molecule has 1 atom stereocenters. The largest absolute Gasteiger partial charge is 0.411 e. The highest BCUT2D eigenvalue weighted by Crippen LogP contribution is 2.14. The van der Waals surface area contributed by atoms with Crippen molar-refractivity contribution in [3.8, 4) is 0 Å². The van der Waals surface area contributed by atoms with Crippen molar-refractivity contribution in [1.29, 1.82) is 0 Å². The Morgan fingerprint density at radius 3 is 2.39 bits per heavy atom. The zero-order valence-electron chi connectivity index (χ0n) is 10.6. The van der Waals surface area contributed by atoms with Crippen LogP contribution >= 0.6 is 0 Å². The molecule has 0 radical (unpaired) electrons. The van der Waals surface area contributed by atoms with Gasteiger partial charge in [-0.1, -0.05) is 29.8 Å². The lowest BCUT2D eigenvalue weighted by atomic mass is 10.1. The van der Waals surface area contributed by atoms with Crippen LogP contribution in [0.1, 0.15) is 24.1 Å². The lowest BCUT2D eigenvalue weighted by Crippen LogP contribution is -2.25. The summed E-state index contributed by atoms with van der Waals surface area (Å²) in [5, 5.41) is 3.11. The summed E-state index contributed by atoms with van der Waals surface area (Å²) in [7, 11) is 0. The van der Waals surface area contributed by atoms with Crippen molar-refractivity contribution in [3.05, 3.63) is 35.4 Å². The summed E-state index contributed by atoms with van der Waals surface area (Å²) in [6, 6.07) is 8.12. The lowest BCUT2D eigenvalue weighted by Gasteiger charge is -2.15. The van der Waals surface area contributed by atoms with Crippen molar-refractivity contribution >= 4 is 0 Å². The van der Waals surface area contributed by atoms with Crippen LogP contribution in [0.5, 0.6) is 0 Å². The van der Waals surface area contributed by atoms with E-state index in [1.54, 1.807) is 0 Å². The van der Waals surface area contributed by atoms with E-state index in [1.807, 2.05) is 38.1 Å². The monoisotopic (exact) mass is 261 g/mol. The van der Waals surface area contributed by atoms with E-state index >= 15 is 0 Å². The fraction of sp³-hybridized carbons (Fsp3) is 0.538. The zero-order valence-corrected chi connectivity index (χ0v) is 10.6. The van der Waals surface area contributed by atoms with Crippen LogP contribution in [-0.2, 0) is 4.74 Å². The SMILES string of the molecule is Cc1ccc([C@H](C)NCCOCC(F)(F)F)cc1. The standard InChI is InChI=1S/C13H18F3NO/c1-10-3-5-12(6-4-10)11(2)17-7-8-18-9-13(14,15)16/h3-6,11,17H,7-9H2,1-2H3/t11-/m0/s1. The van der Waals surface area contributed by atoms with Crippen molar-refractivity contribution in [1.82, 2.24) is 5.32 Å². The Kier molecular flexibility index (Phi) is 5.62. The summed E-state index contributed by atoms with van der Waals surface area (Å²) in [5.74, 6) is 0. The first-order valence-electron chi connectivity index (χ1n) is 5.83. The van der Waals surface area contributed by atoms with Crippen LogP contribution in [-0.4, -0.2) is 25.9 Å². The molecule has 5 heteroatoms. The van der Waals surface area contributed by atoms with Crippen molar-refractivity contribution in [2.24, 2.45) is 0 Å². The van der Waals surface area contributed by atoms with Crippen molar-refractivity contribution in [3.63, 3.8) is 0 Å². The minimum atomic E-state index is -4.25. The molecule has 0 bridgehead atoms. The van der Waals surface area contributed by atoms with Gasteiger partial charge in [0.15, 0.2) is 0 Å². The minimum Gasteiger partial charge on any atom is -0.371 e. The molecule has 0 amide bonds. The molecule has 18 heavy (non-hydrogen) atoms. The molecule has 0 spiro atoms. The van der Waals surface area contributed by atoms with E-state index in [1.165, 1.54) is 5.56 Å². The summed E-state index contributed by atoms with van der Waals surface area (Å²) in [4.78, 5) is 0. The maximum Gasteiger partial charge on any atom is 0.411 e. The number of ether oxygens (including phenoxy) is 1. The molecule has 1 aromatic carbocycles. The molecule has 102 valence electrons. The van der Waals surface area contributed by atoms with Gasteiger partial charge >= 0.3 is 6.18 Å². The minimum absolute atomic E-state index is 0.0513. The molecule has 0 fully saturated rings. The normalized spacial score (nSPS) is 13.6. The second kappa shape index (κ2) is 6.75. The summed E-state index contributed by atoms with van der Waals surface area (Å²) >= 11 is 0. The van der Waals surface area contributed by atoms with E-state index in [9.17, 15) is 13.2 Å². The molecular formula is C13H18F3NO. The van der Waals surface area contributed by atoms with Gasteiger partial charge in [0.25, 0.3) is 0 Å². The number of nitrogens with one attached hydrogen (secondary N) is 1. The smallest absolute Gasteiger partial charge is 0.371 e. The molecule has 0 aliphatic rings. The Hall–Kier alpha value is -1.07. The Morgan fingerprint density at radius 2 is 1.83 bits per heavy atom. The van der Waals surface area contributed by atoms with Crippen LogP contribution in [0.3, 0.4) is 0 Å². The molecule has 1 aromatic rings. The number of hydrogen-bond acceptors (Lipinski definition) is 2. The third-order valence-corrected chi connectivity index (χ3v) is 2.54. The van der Waals surface area contributed by atoms with Gasteiger partial charge in [-0.05, 0) is 19.4 Å². The average molecular weight is 261 g/mol. The van der Waals surface area contributed by atoms with Gasteiger partial charge in [-0.2, -0.15) is 13.2 Å². The van der Waals surface area contributed by atoms with Crippen molar-refractivity contribution in [2.45, 2.75) is 26.1 Å². The summed E-state index contributed by atoms with van der Waals surface area (Å²) in [6.45, 7) is 3.23. The molecule has 0 aliphatic carbocycles. The highest BCUT2D eigenvalue weighted by Gasteiger charge is 2.27. The molecule has 1 rings (SSSR count). The second-order valence-electron chi connectivity index (χ2n) is 4.25. The predicted octanol–water partition coefficient (Wildman–Crippen LogP) is 3.22. The number of halogens is 3. The van der Waals surface area contributed by atoms with Gasteiger partial charge in [0.1, 0.15) is 6.61 Å². The van der Waals surface area contributed by atoms with Crippen LogP contribution in [0.25, 0.3) is 0 Å². The highest BCUT2D eigenvalue weighted by atomic mass is 19.4. The van der Waals surface area contributed by atoms with Crippen LogP contribution in [0.15, 0.2) is 24.3 Å². The van der Waals surface area contributed by atoms with Gasteiger partial charge in [0.2, 0.25) is 0 Å². The van der Waals surface area contributed by atoms with E-state index < -0.39 is 12.8 Å². The topological polar surface area (TPSA) is 21.3 Å². The molecule has 0 saturated carbocycles. The molecule has 0 unspecified atom stereocenters. The van der Waals surface area contributed by atoms with Crippen LogP contribution in [0.4, 0.5) is 13.2 Å². The maximum absolute atomic E-state index is 11.8. The van der Waals surface area contributed by atoms with Crippen LogP contribution in [0.2, 0.25) is 0 Å². The Balaban J connectivity index is 2.21. The van der Waals surface area contributed by atoms with E-state index in [2.05, 4.69) is 10.1 Å². The van der Waals surface area contributed by atoms with E-state index in [4.69, 9.17) is 0 Å². The van der Waals surface area contributed by atoms with E-state index in [-0.39, 0.29) is 12.6 Å². The van der Waals surface area contributed by atoms with Crippen LogP contribution in [0, 0.1) is 6.92 Å². The molecule has 1 N–H and O–H groups in total. The first-order valence-corrected chi connectivity index (χ1v) is 5.83. The van der Waals surface area contributed by atoms with Gasteiger partial charge in [0.05, 0.1) is 6.61 Å². The number of rotatable bonds is 6. The number of alkyl halides is 3. The molecule has 0 heterocycles. The van der Waals surface area contributed by atoms with Crippen molar-refractivity contribution < 1.29 is 17.9 Å². The van der Waals surface area contributed by atoms with Gasteiger partial charge in [-0.25, -0.2) is 0 Å². The van der Waals surface area contributed by atoms with Crippen LogP contribution < -0.4 is 5.32 Å². The Morgan fingerprint density at radius 1 is 1.22 bits per heavy atom. The third-order valence-electron chi connectivity index (χ3n) is 2.54.